The first-order chi connectivity index (χ1) is 31.0. The number of rotatable bonds is 18. The maximum Gasteiger partial charge on any atom is 3.00 e. The predicted molar refractivity (Wildman–Crippen MR) is 238 cm³/mol. The fourth-order valence-corrected chi connectivity index (χ4v) is 11.6. The van der Waals surface area contributed by atoms with E-state index >= 15 is 0 Å². The minimum absolute atomic E-state index is 0. The second kappa shape index (κ2) is 21.8. The standard InChI is InChI=1S/C45H60N4O14.2CN.Co/c1-21-36-24(10-13-30(52)53)41(3,4)28(47-36)18-27-23(9-12-29(50)51)43(6,19-34(60)61)39(46-27)22(2)37-25(11-14-31(54)55)44(7,20-35(62)63)45(8,49-37)40-26(17-33(58)59)42(5,38(21)48-40)16-15-32(56)57;2*1-2;/h18,23-26,40H,9-17,19-20H2,1-8H3,(H8,46,47,48,49,50,51,52,53,54,55,56,57,58,59,60,61,62,63);;;/q;2*-1;+3/p-1/t23-,24-,25-,26+,40-,42-,43+,44+,45?;;;/m1.../s1/i23+2,24+2,25+2,28+2,39+2,40+2,42+2,45+2;;;. The van der Waals surface area contributed by atoms with Gasteiger partial charge in [0.15, 0.2) is 0 Å². The molecule has 5 rings (SSSR count). The van der Waals surface area contributed by atoms with E-state index in [4.69, 9.17) is 44.0 Å². The molecule has 0 spiro atoms. The topological polar surface area (TPSA) is 360 Å². The van der Waals surface area contributed by atoms with Crippen LogP contribution < -0.4 is 0 Å². The molecule has 1 unspecified atom stereocenters. The Hall–Kier alpha value is -6.19. The van der Waals surface area contributed by atoms with Gasteiger partial charge in [-0.2, -0.15) is 5.70 Å². The number of hydrogen-bond donors (Lipinski definition) is 7. The maximum absolute atomic E-state index is 13.1. The van der Waals surface area contributed by atoms with E-state index < -0.39 is 131 Å². The molecule has 0 aromatic carbocycles. The van der Waals surface area contributed by atoms with Crippen molar-refractivity contribution in [3.63, 3.8) is 0 Å². The molecule has 5 heterocycles. The summed E-state index contributed by atoms with van der Waals surface area (Å²) in [6.45, 7) is 23.3. The van der Waals surface area contributed by atoms with Gasteiger partial charge in [0.25, 0.3) is 0 Å². The zero-order valence-electron chi connectivity index (χ0n) is 39.2. The number of hydrogen-bond acceptors (Lipinski definition) is 12. The molecule has 0 aromatic heterocycles. The van der Waals surface area contributed by atoms with E-state index in [1.54, 1.807) is 47.6 Å². The van der Waals surface area contributed by atoms with Crippen molar-refractivity contribution < 1.29 is 86.1 Å². The van der Waals surface area contributed by atoms with E-state index in [0.29, 0.717) is 34.0 Å². The quantitative estimate of drug-likeness (QED) is 0.0687. The van der Waals surface area contributed by atoms with Gasteiger partial charge in [-0.15, -0.1) is 0 Å². The predicted octanol–water partition coefficient (Wildman–Crippen LogP) is 6.89. The van der Waals surface area contributed by atoms with E-state index in [9.17, 15) is 69.3 Å². The van der Waals surface area contributed by atoms with Gasteiger partial charge >= 0.3 is 58.6 Å². The first-order valence-electron chi connectivity index (χ1n) is 21.7. The number of aliphatic carboxylic acids is 7. The van der Waals surface area contributed by atoms with Crippen molar-refractivity contribution >= 4 is 58.9 Å². The van der Waals surface area contributed by atoms with E-state index in [1.165, 1.54) is 0 Å². The summed E-state index contributed by atoms with van der Waals surface area (Å²) >= 11 is 0. The summed E-state index contributed by atoms with van der Waals surface area (Å²) in [5, 5.41) is 89.4. The number of fused-ring (bicyclic) bond motifs is 6. The molecule has 21 heteroatoms. The average molecular weight is 1010 g/mol. The van der Waals surface area contributed by atoms with Crippen LogP contribution in [0.25, 0.3) is 5.32 Å². The molecule has 0 aliphatic carbocycles. The SMILES string of the molecule is C/C1=C2/[N-][14C@H]([C@H](CC(=O)O)[14C@@]2(C)CCC(=O)O)[14C]2(C)N=C(/C(C)=[14C]3N=C(/C=[14C]4N=C1[14C@@H](CCC(=O)O)C\4(C)C)[14C@@H](CCC(=O)O)[C@]\3(C)CC(=O)O)[14C@@H](CCC(=O)O)[C@]2(C)CC(=O)O.[C-]#N.[C-]#N.[Co+3]. The summed E-state index contributed by atoms with van der Waals surface area (Å²) in [5.74, 6) is -11.7. The molecule has 370 valence electrons. The normalized spacial score (nSPS) is 33.6. The molecule has 0 radical (unpaired) electrons. The zero-order valence-corrected chi connectivity index (χ0v) is 40.3. The first kappa shape index (κ1) is 57.9. The Morgan fingerprint density at radius 1 is 0.706 bits per heavy atom. The molecule has 1 fully saturated rings. The molecule has 68 heavy (non-hydrogen) atoms. The molecule has 7 N–H and O–H groups in total. The smallest absolute Gasteiger partial charge is 0.682 e. The van der Waals surface area contributed by atoms with Crippen molar-refractivity contribution in [2.45, 2.75) is 138 Å². The van der Waals surface area contributed by atoms with Gasteiger partial charge in [0.05, 0.1) is 24.1 Å². The van der Waals surface area contributed by atoms with Crippen molar-refractivity contribution in [1.82, 2.24) is 0 Å². The Balaban J connectivity index is 0.00000309. The van der Waals surface area contributed by atoms with Crippen LogP contribution in [0.1, 0.15) is 126 Å². The first-order valence-corrected chi connectivity index (χ1v) is 21.7. The third-order valence-corrected chi connectivity index (χ3v) is 15.2. The summed E-state index contributed by atoms with van der Waals surface area (Å²) in [5.41, 5.74) is -4.11. The molecular formula is C47H59CoN6O14. The van der Waals surface area contributed by atoms with Crippen LogP contribution in [0.2, 0.25) is 0 Å². The van der Waals surface area contributed by atoms with E-state index in [0.717, 1.165) is 0 Å². The van der Waals surface area contributed by atoms with Crippen LogP contribution >= 0.6 is 0 Å². The summed E-state index contributed by atoms with van der Waals surface area (Å²) in [6, 6.07) is -1.16. The van der Waals surface area contributed by atoms with Crippen LogP contribution in [0.5, 0.6) is 0 Å². The number of carbonyl (C=O) groups is 7. The van der Waals surface area contributed by atoms with Gasteiger partial charge in [0, 0.05) is 88.9 Å². The van der Waals surface area contributed by atoms with Crippen LogP contribution in [0.3, 0.4) is 0 Å². The van der Waals surface area contributed by atoms with E-state index in [-0.39, 0.29) is 66.7 Å². The Morgan fingerprint density at radius 3 is 1.66 bits per heavy atom. The fraction of sp³-hybridized carbons (Fsp3) is 0.617. The maximum atomic E-state index is 13.1. The van der Waals surface area contributed by atoms with Crippen molar-refractivity contribution in [1.29, 1.82) is 10.5 Å². The molecule has 20 nitrogen and oxygen atoms in total. The van der Waals surface area contributed by atoms with Gasteiger partial charge in [-0.05, 0) is 75.0 Å². The van der Waals surface area contributed by atoms with Crippen molar-refractivity contribution in [2.75, 3.05) is 0 Å². The zero-order chi connectivity index (χ0) is 51.4. The summed E-state index contributed by atoms with van der Waals surface area (Å²) in [6.07, 6.45) is -1.65. The average Bonchev–Trinajstić information content (AvgIpc) is 3.83. The van der Waals surface area contributed by atoms with Crippen LogP contribution in [0.4, 0.5) is 0 Å². The third-order valence-electron chi connectivity index (χ3n) is 15.2. The van der Waals surface area contributed by atoms with Gasteiger partial charge < -0.3 is 64.7 Å². The van der Waals surface area contributed by atoms with Crippen LogP contribution in [-0.4, -0.2) is 106 Å². The van der Waals surface area contributed by atoms with Crippen molar-refractivity contribution in [2.24, 2.45) is 60.3 Å². The van der Waals surface area contributed by atoms with Gasteiger partial charge in [-0.1, -0.05) is 40.7 Å². The van der Waals surface area contributed by atoms with Gasteiger partial charge in [-0.25, -0.2) is 0 Å². The Bertz CT molecular complexity index is 2320. The molecule has 9 atom stereocenters. The molecule has 0 saturated carbocycles. The molecule has 5 aliphatic heterocycles. The molecule has 1 saturated heterocycles. The second-order valence-electron chi connectivity index (χ2n) is 19.4. The summed E-state index contributed by atoms with van der Waals surface area (Å²) < 4.78 is 0. The minimum atomic E-state index is -1.64. The van der Waals surface area contributed by atoms with Crippen LogP contribution in [0, 0.1) is 69.0 Å². The molecule has 8 bridgehead atoms. The number of carboxylic acids is 7. The van der Waals surface area contributed by atoms with Crippen molar-refractivity contribution in [3.05, 3.63) is 52.8 Å². The Labute approximate surface area is 404 Å². The summed E-state index contributed by atoms with van der Waals surface area (Å²) in [7, 11) is 0. The van der Waals surface area contributed by atoms with Crippen LogP contribution in [0.15, 0.2) is 49.3 Å². The number of aliphatic imine (C=N–C) groups is 3. The Morgan fingerprint density at radius 2 is 1.19 bits per heavy atom. The van der Waals surface area contributed by atoms with E-state index in [1.807, 2.05) is 13.8 Å². The van der Waals surface area contributed by atoms with Crippen LogP contribution in [-0.2, 0) is 50.3 Å². The van der Waals surface area contributed by atoms with Gasteiger partial charge in [0.2, 0.25) is 0 Å². The Kier molecular flexibility index (Phi) is 18.6. The minimum Gasteiger partial charge on any atom is -0.682 e. The molecule has 0 amide bonds. The van der Waals surface area contributed by atoms with E-state index in [2.05, 4.69) is 0 Å². The largest absolute Gasteiger partial charge is 3.00 e. The monoisotopic (exact) mass is 1010 g/mol. The van der Waals surface area contributed by atoms with Gasteiger partial charge in [0.1, 0.15) is 0 Å². The summed E-state index contributed by atoms with van der Waals surface area (Å²) in [4.78, 5) is 103. The number of allylic oxidation sites excluding steroid dienone is 6. The number of nitrogens with zero attached hydrogens (tertiary/aromatic N) is 6. The number of carboxylic acid groups (broad SMARTS) is 7. The van der Waals surface area contributed by atoms with Crippen molar-refractivity contribution in [3.8, 4) is 0 Å². The second-order valence-corrected chi connectivity index (χ2v) is 19.4. The molecule has 5 aliphatic rings. The van der Waals surface area contributed by atoms with Gasteiger partial charge in [-0.3, -0.25) is 48.5 Å². The fourth-order valence-electron chi connectivity index (χ4n) is 11.6. The third kappa shape index (κ3) is 10.7. The molecular weight excluding hydrogens is 947 g/mol. The molecule has 0 aromatic rings.